The lowest BCUT2D eigenvalue weighted by Crippen LogP contribution is -2.33. The molecular weight excluding hydrogens is 254 g/mol. The van der Waals surface area contributed by atoms with E-state index in [2.05, 4.69) is 28.7 Å². The van der Waals surface area contributed by atoms with Gasteiger partial charge in [-0.15, -0.1) is 0 Å². The molecule has 1 aromatic heterocycles. The van der Waals surface area contributed by atoms with Crippen molar-refractivity contribution in [2.24, 2.45) is 5.41 Å². The van der Waals surface area contributed by atoms with Gasteiger partial charge in [0.2, 0.25) is 0 Å². The van der Waals surface area contributed by atoms with Crippen molar-refractivity contribution in [2.45, 2.75) is 59.1 Å². The standard InChI is InChI=1S/C15H25N3O2/c1-14(2,3)20-13(19)17-7-6-11-9-16-10-18(11)12-8-15(12,4)5/h9-10,12H,6-8H2,1-5H3,(H,17,19). The maximum absolute atomic E-state index is 11.6. The summed E-state index contributed by atoms with van der Waals surface area (Å²) in [5, 5.41) is 2.78. The van der Waals surface area contributed by atoms with Gasteiger partial charge in [0.15, 0.2) is 0 Å². The van der Waals surface area contributed by atoms with Gasteiger partial charge >= 0.3 is 6.09 Å². The summed E-state index contributed by atoms with van der Waals surface area (Å²) < 4.78 is 7.44. The number of nitrogens with zero attached hydrogens (tertiary/aromatic N) is 2. The Bertz CT molecular complexity index is 486. The van der Waals surface area contributed by atoms with Gasteiger partial charge in [-0.3, -0.25) is 0 Å². The van der Waals surface area contributed by atoms with Crippen LogP contribution >= 0.6 is 0 Å². The molecule has 0 aromatic carbocycles. The van der Waals surface area contributed by atoms with Crippen molar-refractivity contribution in [1.82, 2.24) is 14.9 Å². The van der Waals surface area contributed by atoms with E-state index in [1.807, 2.05) is 33.3 Å². The van der Waals surface area contributed by atoms with Gasteiger partial charge in [0.1, 0.15) is 5.60 Å². The Kier molecular flexibility index (Phi) is 3.80. The van der Waals surface area contributed by atoms with Crippen LogP contribution in [0.15, 0.2) is 12.5 Å². The summed E-state index contributed by atoms with van der Waals surface area (Å²) >= 11 is 0. The van der Waals surface area contributed by atoms with Crippen LogP contribution in [0.2, 0.25) is 0 Å². The fraction of sp³-hybridized carbons (Fsp3) is 0.733. The van der Waals surface area contributed by atoms with Crippen LogP contribution in [0.4, 0.5) is 4.79 Å². The summed E-state index contributed by atoms with van der Waals surface area (Å²) in [5.74, 6) is 0. The van der Waals surface area contributed by atoms with Crippen molar-refractivity contribution < 1.29 is 9.53 Å². The molecule has 1 N–H and O–H groups in total. The number of nitrogens with one attached hydrogen (secondary N) is 1. The second-order valence-electron chi connectivity index (χ2n) is 7.18. The largest absolute Gasteiger partial charge is 0.444 e. The molecule has 20 heavy (non-hydrogen) atoms. The highest BCUT2D eigenvalue weighted by atomic mass is 16.6. The van der Waals surface area contributed by atoms with Crippen LogP contribution in [0.3, 0.4) is 0 Å². The molecule has 0 aliphatic heterocycles. The smallest absolute Gasteiger partial charge is 0.407 e. The van der Waals surface area contributed by atoms with Crippen molar-refractivity contribution >= 4 is 6.09 Å². The fourth-order valence-electron chi connectivity index (χ4n) is 2.33. The van der Waals surface area contributed by atoms with Crippen LogP contribution in [0.5, 0.6) is 0 Å². The minimum absolute atomic E-state index is 0.365. The van der Waals surface area contributed by atoms with Gasteiger partial charge < -0.3 is 14.6 Å². The minimum atomic E-state index is -0.454. The van der Waals surface area contributed by atoms with Crippen LogP contribution in [0.25, 0.3) is 0 Å². The summed E-state index contributed by atoms with van der Waals surface area (Å²) in [6.45, 7) is 10.7. The highest BCUT2D eigenvalue weighted by Gasteiger charge is 2.47. The van der Waals surface area contributed by atoms with Crippen molar-refractivity contribution in [1.29, 1.82) is 0 Å². The Morgan fingerprint density at radius 2 is 2.20 bits per heavy atom. The van der Waals surface area contributed by atoms with Crippen LogP contribution in [0.1, 0.15) is 52.8 Å². The third-order valence-corrected chi connectivity index (χ3v) is 3.59. The lowest BCUT2D eigenvalue weighted by molar-refractivity contribution is 0.0528. The zero-order chi connectivity index (χ0) is 15.0. The Balaban J connectivity index is 1.81. The molecule has 1 aromatic rings. The molecule has 0 bridgehead atoms. The van der Waals surface area contributed by atoms with Gasteiger partial charge in [0.05, 0.1) is 6.33 Å². The molecule has 5 heteroatoms. The number of imidazole rings is 1. The zero-order valence-corrected chi connectivity index (χ0v) is 13.1. The quantitative estimate of drug-likeness (QED) is 0.922. The first kappa shape index (κ1) is 14.9. The van der Waals surface area contributed by atoms with Crippen molar-refractivity contribution in [3.8, 4) is 0 Å². The van der Waals surface area contributed by atoms with E-state index >= 15 is 0 Å². The Labute approximate surface area is 120 Å². The Morgan fingerprint density at radius 1 is 1.55 bits per heavy atom. The maximum Gasteiger partial charge on any atom is 0.407 e. The number of hydrogen-bond acceptors (Lipinski definition) is 3. The van der Waals surface area contributed by atoms with Crippen LogP contribution in [-0.2, 0) is 11.2 Å². The van der Waals surface area contributed by atoms with Gasteiger partial charge in [0.25, 0.3) is 0 Å². The molecule has 2 rings (SSSR count). The van der Waals surface area contributed by atoms with Gasteiger partial charge in [-0.2, -0.15) is 0 Å². The number of alkyl carbamates (subject to hydrolysis) is 1. The van der Waals surface area contributed by atoms with Crippen LogP contribution in [-0.4, -0.2) is 27.8 Å². The molecule has 1 atom stereocenters. The molecule has 1 fully saturated rings. The average molecular weight is 279 g/mol. The number of amides is 1. The van der Waals surface area contributed by atoms with E-state index in [1.54, 1.807) is 0 Å². The van der Waals surface area contributed by atoms with Crippen LogP contribution in [0, 0.1) is 5.41 Å². The first-order valence-corrected chi connectivity index (χ1v) is 7.17. The third-order valence-electron chi connectivity index (χ3n) is 3.59. The highest BCUT2D eigenvalue weighted by Crippen LogP contribution is 2.55. The number of rotatable bonds is 4. The normalized spacial score (nSPS) is 20.6. The molecule has 0 spiro atoms. The van der Waals surface area contributed by atoms with E-state index in [0.29, 0.717) is 18.0 Å². The van der Waals surface area contributed by atoms with Crippen molar-refractivity contribution in [2.75, 3.05) is 6.54 Å². The predicted molar refractivity (Wildman–Crippen MR) is 77.6 cm³/mol. The Hall–Kier alpha value is -1.52. The third kappa shape index (κ3) is 3.74. The van der Waals surface area contributed by atoms with Gasteiger partial charge in [0, 0.05) is 30.9 Å². The molecule has 5 nitrogen and oxygen atoms in total. The second-order valence-corrected chi connectivity index (χ2v) is 7.18. The molecule has 112 valence electrons. The summed E-state index contributed by atoms with van der Waals surface area (Å²) in [7, 11) is 0. The van der Waals surface area contributed by atoms with E-state index in [0.717, 1.165) is 12.1 Å². The van der Waals surface area contributed by atoms with Gasteiger partial charge in [-0.25, -0.2) is 9.78 Å². The van der Waals surface area contributed by atoms with E-state index in [1.165, 1.54) is 6.42 Å². The van der Waals surface area contributed by atoms with E-state index in [4.69, 9.17) is 4.74 Å². The average Bonchev–Trinajstić information content (AvgIpc) is 2.71. The van der Waals surface area contributed by atoms with Gasteiger partial charge in [-0.1, -0.05) is 13.8 Å². The zero-order valence-electron chi connectivity index (χ0n) is 13.1. The lowest BCUT2D eigenvalue weighted by atomic mass is 10.2. The molecular formula is C15H25N3O2. The number of carbonyl (C=O) groups excluding carboxylic acids is 1. The number of aromatic nitrogens is 2. The Morgan fingerprint density at radius 3 is 2.75 bits per heavy atom. The van der Waals surface area contributed by atoms with Gasteiger partial charge in [-0.05, 0) is 32.6 Å². The SMILES string of the molecule is CC(C)(C)OC(=O)NCCc1cncn1C1CC1(C)C. The van der Waals surface area contributed by atoms with Crippen molar-refractivity contribution in [3.05, 3.63) is 18.2 Å². The summed E-state index contributed by atoms with van der Waals surface area (Å²) in [6.07, 6.45) is 5.37. The first-order chi connectivity index (χ1) is 9.19. The van der Waals surface area contributed by atoms with E-state index in [9.17, 15) is 4.79 Å². The van der Waals surface area contributed by atoms with Crippen LogP contribution < -0.4 is 5.32 Å². The minimum Gasteiger partial charge on any atom is -0.444 e. The molecule has 1 amide bonds. The lowest BCUT2D eigenvalue weighted by Gasteiger charge is -2.19. The van der Waals surface area contributed by atoms with E-state index < -0.39 is 5.60 Å². The van der Waals surface area contributed by atoms with E-state index in [-0.39, 0.29) is 6.09 Å². The topological polar surface area (TPSA) is 56.1 Å². The monoisotopic (exact) mass is 279 g/mol. The molecule has 0 radical (unpaired) electrons. The maximum atomic E-state index is 11.6. The van der Waals surface area contributed by atoms with Crippen molar-refractivity contribution in [3.63, 3.8) is 0 Å². The fourth-order valence-corrected chi connectivity index (χ4v) is 2.33. The highest BCUT2D eigenvalue weighted by molar-refractivity contribution is 5.67. The summed E-state index contributed by atoms with van der Waals surface area (Å²) in [5.41, 5.74) is 1.08. The number of ether oxygens (including phenoxy) is 1. The second kappa shape index (κ2) is 5.11. The molecule has 1 saturated carbocycles. The first-order valence-electron chi connectivity index (χ1n) is 7.17. The summed E-state index contributed by atoms with van der Waals surface area (Å²) in [4.78, 5) is 15.8. The molecule has 1 unspecified atom stereocenters. The molecule has 0 saturated heterocycles. The number of hydrogen-bond donors (Lipinski definition) is 1. The molecule has 1 aliphatic carbocycles. The predicted octanol–water partition coefficient (Wildman–Crippen LogP) is 2.92. The summed E-state index contributed by atoms with van der Waals surface area (Å²) in [6, 6.07) is 0.543. The number of carbonyl (C=O) groups is 1. The molecule has 1 heterocycles. The molecule has 1 aliphatic rings.